The average molecular weight is 318 g/mol. The van der Waals surface area contributed by atoms with E-state index in [9.17, 15) is 9.69 Å². The Labute approximate surface area is 129 Å². The first kappa shape index (κ1) is 20.3. The Balaban J connectivity index is 4.59. The maximum absolute atomic E-state index is 12.3. The summed E-state index contributed by atoms with van der Waals surface area (Å²) in [6, 6.07) is 0. The second kappa shape index (κ2) is 10.1. The van der Waals surface area contributed by atoms with Crippen molar-refractivity contribution in [1.82, 2.24) is 0 Å². The van der Waals surface area contributed by atoms with Crippen LogP contribution in [0.4, 0.5) is 0 Å². The van der Waals surface area contributed by atoms with Crippen molar-refractivity contribution < 1.29 is 23.6 Å². The maximum atomic E-state index is 12.3. The summed E-state index contributed by atoms with van der Waals surface area (Å²) in [6.45, 7) is 8.47. The van der Waals surface area contributed by atoms with Crippen molar-refractivity contribution in [2.45, 2.75) is 26.7 Å². The number of ether oxygens (including phenoxy) is 2. The van der Waals surface area contributed by atoms with E-state index < -0.39 is 13.7 Å². The van der Waals surface area contributed by atoms with Crippen molar-refractivity contribution in [1.29, 1.82) is 0 Å². The number of unbranched alkanes of at least 4 members (excludes halogenated alkanes) is 1. The number of esters is 1. The molecule has 6 heteroatoms. The number of quaternary nitrogens is 1. The number of likely N-dealkylation sites (N-methyl/N-ethyl adjacent to an activating group) is 1. The molecule has 0 aromatic carbocycles. The summed E-state index contributed by atoms with van der Waals surface area (Å²) in [7, 11) is 4.41. The van der Waals surface area contributed by atoms with E-state index in [4.69, 9.17) is 9.47 Å². The molecular formula is C15H29NO4P+. The number of carbonyl (C=O) groups is 1. The fraction of sp³-hybridized carbons (Fsp3) is 0.733. The molecule has 5 nitrogen and oxygen atoms in total. The summed E-state index contributed by atoms with van der Waals surface area (Å²) in [5.41, 5.74) is 0.956. The van der Waals surface area contributed by atoms with Gasteiger partial charge in [0.2, 0.25) is 0 Å². The highest BCUT2D eigenvalue weighted by Gasteiger charge is 2.21. The Morgan fingerprint density at radius 3 is 2.33 bits per heavy atom. The smallest absolute Gasteiger partial charge is 0.333 e. The van der Waals surface area contributed by atoms with Crippen LogP contribution in [-0.2, 0) is 14.3 Å². The molecule has 0 rings (SSSR count). The van der Waals surface area contributed by atoms with Crippen molar-refractivity contribution >= 4 is 19.2 Å². The quantitative estimate of drug-likeness (QED) is 0.201. The summed E-state index contributed by atoms with van der Waals surface area (Å²) in [4.78, 5) is 23.6. The molecule has 0 radical (unpaired) electrons. The molecule has 0 aliphatic heterocycles. The highest BCUT2D eigenvalue weighted by molar-refractivity contribution is 7.51. The second-order valence-electron chi connectivity index (χ2n) is 6.06. The molecule has 1 atom stereocenters. The lowest BCUT2D eigenvalue weighted by Gasteiger charge is -2.23. The summed E-state index contributed by atoms with van der Waals surface area (Å²) in [5, 5.41) is 0. The lowest BCUT2D eigenvalue weighted by molar-refractivity contribution is -0.861. The van der Waals surface area contributed by atoms with Gasteiger partial charge >= 0.3 is 5.97 Å². The van der Waals surface area contributed by atoms with E-state index in [1.165, 1.54) is 0 Å². The molecule has 0 spiro atoms. The SMILES string of the molecule is C=C(C)C(=O)OCC[P+]([O-])=C(C[N+](C)(C)C)OCCCC. The number of hydrogen-bond donors (Lipinski definition) is 0. The number of nitrogens with zero attached hydrogens (tertiary/aromatic N) is 1. The summed E-state index contributed by atoms with van der Waals surface area (Å²) in [5.74, 6) is -0.446. The largest absolute Gasteiger partial charge is 0.628 e. The van der Waals surface area contributed by atoms with Gasteiger partial charge in [0.1, 0.15) is 12.8 Å². The monoisotopic (exact) mass is 318 g/mol. The third-order valence-electron chi connectivity index (χ3n) is 2.53. The van der Waals surface area contributed by atoms with Gasteiger partial charge in [0.15, 0.2) is 6.54 Å². The normalized spacial score (nSPS) is 12.9. The molecule has 0 bridgehead atoms. The van der Waals surface area contributed by atoms with Gasteiger partial charge in [-0.2, -0.15) is 0 Å². The van der Waals surface area contributed by atoms with Crippen molar-refractivity contribution in [2.24, 2.45) is 0 Å². The van der Waals surface area contributed by atoms with E-state index in [0.717, 1.165) is 12.8 Å². The van der Waals surface area contributed by atoms with Crippen LogP contribution < -0.4 is 4.89 Å². The predicted molar refractivity (Wildman–Crippen MR) is 86.3 cm³/mol. The van der Waals surface area contributed by atoms with Crippen LogP contribution >= 0.6 is 7.77 Å². The molecule has 0 aliphatic carbocycles. The van der Waals surface area contributed by atoms with Crippen LogP contribution in [0.2, 0.25) is 0 Å². The zero-order valence-corrected chi connectivity index (χ0v) is 14.9. The second-order valence-corrected chi connectivity index (χ2v) is 7.77. The minimum absolute atomic E-state index is 0.124. The third kappa shape index (κ3) is 10.6. The van der Waals surface area contributed by atoms with Gasteiger partial charge in [-0.3, -0.25) is 0 Å². The summed E-state index contributed by atoms with van der Waals surface area (Å²) < 4.78 is 11.3. The van der Waals surface area contributed by atoms with Gasteiger partial charge in [0.25, 0.3) is 5.48 Å². The molecule has 0 fully saturated rings. The molecule has 0 N–H and O–H groups in total. The molecule has 122 valence electrons. The fourth-order valence-corrected chi connectivity index (χ4v) is 2.73. The van der Waals surface area contributed by atoms with E-state index in [0.29, 0.717) is 28.7 Å². The number of rotatable bonds is 10. The predicted octanol–water partition coefficient (Wildman–Crippen LogP) is 1.52. The molecule has 0 aliphatic rings. The van der Waals surface area contributed by atoms with Gasteiger partial charge in [-0.1, -0.05) is 19.9 Å². The van der Waals surface area contributed by atoms with Crippen LogP contribution in [0.5, 0.6) is 0 Å². The highest BCUT2D eigenvalue weighted by Crippen LogP contribution is 2.16. The van der Waals surface area contributed by atoms with Crippen LogP contribution in [-0.4, -0.2) is 63.0 Å². The van der Waals surface area contributed by atoms with Gasteiger partial charge in [-0.25, -0.2) is 4.79 Å². The molecule has 0 saturated carbocycles. The van der Waals surface area contributed by atoms with E-state index in [1.807, 2.05) is 21.1 Å². The van der Waals surface area contributed by atoms with E-state index >= 15 is 0 Å². The minimum atomic E-state index is -1.65. The van der Waals surface area contributed by atoms with Gasteiger partial charge in [0, 0.05) is 5.57 Å². The Morgan fingerprint density at radius 2 is 1.86 bits per heavy atom. The van der Waals surface area contributed by atoms with E-state index in [2.05, 4.69) is 13.5 Å². The number of hydrogen-bond acceptors (Lipinski definition) is 4. The van der Waals surface area contributed by atoms with Gasteiger partial charge < -0.3 is 18.9 Å². The number of carbonyl (C=O) groups excluding carboxylic acids is 1. The topological polar surface area (TPSA) is 58.6 Å². The molecule has 0 amide bonds. The lowest BCUT2D eigenvalue weighted by atomic mass is 10.4. The Bertz CT molecular complexity index is 386. The first-order valence-electron chi connectivity index (χ1n) is 7.23. The zero-order chi connectivity index (χ0) is 16.5. The van der Waals surface area contributed by atoms with Crippen molar-refractivity contribution in [3.8, 4) is 0 Å². The standard InChI is InChI=1S/C15H29NO4P/c1-7-8-9-19-14(12-16(4,5)6)21(18)11-10-20-15(17)13(2)3/h2,7-12H2,1,3-6H3/q+1. The molecule has 0 saturated heterocycles. The average Bonchev–Trinajstić information content (AvgIpc) is 2.35. The third-order valence-corrected chi connectivity index (χ3v) is 3.95. The first-order valence-corrected chi connectivity index (χ1v) is 8.68. The first-order chi connectivity index (χ1) is 9.67. The zero-order valence-electron chi connectivity index (χ0n) is 14.0. The molecule has 0 aromatic rings. The minimum Gasteiger partial charge on any atom is -0.628 e. The van der Waals surface area contributed by atoms with Crippen LogP contribution in [0.15, 0.2) is 12.2 Å². The molecule has 21 heavy (non-hydrogen) atoms. The van der Waals surface area contributed by atoms with Gasteiger partial charge in [-0.15, -0.1) is 0 Å². The Hall–Kier alpha value is -0.740. The van der Waals surface area contributed by atoms with Crippen molar-refractivity contribution in [3.05, 3.63) is 12.2 Å². The lowest BCUT2D eigenvalue weighted by Crippen LogP contribution is -2.40. The summed E-state index contributed by atoms with van der Waals surface area (Å²) in [6.07, 6.45) is 2.26. The molecule has 1 unspecified atom stereocenters. The molecular weight excluding hydrogens is 289 g/mol. The van der Waals surface area contributed by atoms with E-state index in [1.54, 1.807) is 6.92 Å². The molecule has 0 aromatic heterocycles. The van der Waals surface area contributed by atoms with Gasteiger partial charge in [0.05, 0.1) is 35.5 Å². The van der Waals surface area contributed by atoms with E-state index in [-0.39, 0.29) is 12.8 Å². The van der Waals surface area contributed by atoms with Crippen molar-refractivity contribution in [3.63, 3.8) is 0 Å². The van der Waals surface area contributed by atoms with Crippen molar-refractivity contribution in [2.75, 3.05) is 47.1 Å². The van der Waals surface area contributed by atoms with Crippen LogP contribution in [0.3, 0.4) is 0 Å². The van der Waals surface area contributed by atoms with Gasteiger partial charge in [-0.05, 0) is 13.3 Å². The fourth-order valence-electron chi connectivity index (χ4n) is 1.41. The van der Waals surface area contributed by atoms with Crippen LogP contribution in [0.1, 0.15) is 26.7 Å². The Morgan fingerprint density at radius 1 is 1.24 bits per heavy atom. The highest BCUT2D eigenvalue weighted by atomic mass is 31.1. The maximum Gasteiger partial charge on any atom is 0.333 e. The Kier molecular flexibility index (Phi) is 9.71. The van der Waals surface area contributed by atoms with Crippen LogP contribution in [0.25, 0.3) is 0 Å². The summed E-state index contributed by atoms with van der Waals surface area (Å²) >= 11 is 0. The van der Waals surface area contributed by atoms with Crippen LogP contribution in [0, 0.1) is 0 Å². The molecule has 0 heterocycles.